The van der Waals surface area contributed by atoms with Gasteiger partial charge in [0.25, 0.3) is 0 Å². The lowest BCUT2D eigenvalue weighted by Gasteiger charge is -2.12. The zero-order chi connectivity index (χ0) is 19.5. The molecule has 5 nitrogen and oxygen atoms in total. The number of nitrogens with zero attached hydrogens (tertiary/aromatic N) is 3. The standard InChI is InChI=1S/C21H16BrN3O2S/c1-14(19(26)15-9-11-16(22)12-10-15)28-21-24-23-20(18-8-5-13-27-18)25(21)17-6-3-2-4-7-17/h2-14H,1H3/t14-/m1/s1. The van der Waals surface area contributed by atoms with E-state index in [1.807, 2.05) is 78.2 Å². The third-order valence-corrected chi connectivity index (χ3v) is 5.74. The molecule has 0 spiro atoms. The van der Waals surface area contributed by atoms with Crippen molar-refractivity contribution in [2.24, 2.45) is 0 Å². The number of Topliss-reactive ketones (excluding diaryl/α,β-unsaturated/α-hetero) is 1. The van der Waals surface area contributed by atoms with Crippen LogP contribution in [0.25, 0.3) is 17.3 Å². The topological polar surface area (TPSA) is 60.9 Å². The highest BCUT2D eigenvalue weighted by molar-refractivity contribution is 9.10. The summed E-state index contributed by atoms with van der Waals surface area (Å²) in [6.45, 7) is 1.88. The van der Waals surface area contributed by atoms with E-state index in [0.717, 1.165) is 10.2 Å². The molecule has 0 radical (unpaired) electrons. The van der Waals surface area contributed by atoms with E-state index >= 15 is 0 Å². The van der Waals surface area contributed by atoms with E-state index in [2.05, 4.69) is 26.1 Å². The van der Waals surface area contributed by atoms with Crippen molar-refractivity contribution in [2.75, 3.05) is 0 Å². The molecule has 28 heavy (non-hydrogen) atoms. The molecule has 0 unspecified atom stereocenters. The summed E-state index contributed by atoms with van der Waals surface area (Å²) in [6, 6.07) is 20.8. The molecule has 2 aromatic carbocycles. The summed E-state index contributed by atoms with van der Waals surface area (Å²) < 4.78 is 8.38. The number of aromatic nitrogens is 3. The van der Waals surface area contributed by atoms with Crippen molar-refractivity contribution in [1.29, 1.82) is 0 Å². The van der Waals surface area contributed by atoms with E-state index in [-0.39, 0.29) is 11.0 Å². The summed E-state index contributed by atoms with van der Waals surface area (Å²) in [5.41, 5.74) is 1.57. The van der Waals surface area contributed by atoms with Gasteiger partial charge in [-0.15, -0.1) is 10.2 Å². The molecule has 0 saturated carbocycles. The quantitative estimate of drug-likeness (QED) is 0.278. The molecule has 7 heteroatoms. The maximum absolute atomic E-state index is 12.8. The van der Waals surface area contributed by atoms with E-state index in [1.54, 1.807) is 6.26 Å². The summed E-state index contributed by atoms with van der Waals surface area (Å²) in [6.07, 6.45) is 1.60. The van der Waals surface area contributed by atoms with Gasteiger partial charge >= 0.3 is 0 Å². The molecule has 0 N–H and O–H groups in total. The zero-order valence-electron chi connectivity index (χ0n) is 14.9. The van der Waals surface area contributed by atoms with Crippen LogP contribution in [0.5, 0.6) is 0 Å². The summed E-state index contributed by atoms with van der Waals surface area (Å²) in [5.74, 6) is 1.26. The van der Waals surface area contributed by atoms with Crippen molar-refractivity contribution in [2.45, 2.75) is 17.3 Å². The van der Waals surface area contributed by atoms with Crippen LogP contribution in [0.2, 0.25) is 0 Å². The molecular weight excluding hydrogens is 438 g/mol. The van der Waals surface area contributed by atoms with Gasteiger partial charge in [0.2, 0.25) is 5.82 Å². The summed E-state index contributed by atoms with van der Waals surface area (Å²) in [5, 5.41) is 8.96. The number of carbonyl (C=O) groups is 1. The average molecular weight is 454 g/mol. The van der Waals surface area contributed by atoms with Gasteiger partial charge < -0.3 is 4.42 Å². The SMILES string of the molecule is C[C@@H](Sc1nnc(-c2ccco2)n1-c1ccccc1)C(=O)c1ccc(Br)cc1. The minimum Gasteiger partial charge on any atom is -0.461 e. The van der Waals surface area contributed by atoms with Crippen molar-refractivity contribution in [1.82, 2.24) is 14.8 Å². The zero-order valence-corrected chi connectivity index (χ0v) is 17.4. The largest absolute Gasteiger partial charge is 0.461 e. The first-order chi connectivity index (χ1) is 13.6. The Kier molecular flexibility index (Phi) is 5.45. The molecule has 2 aromatic heterocycles. The van der Waals surface area contributed by atoms with Gasteiger partial charge in [-0.3, -0.25) is 9.36 Å². The Morgan fingerprint density at radius 3 is 2.46 bits per heavy atom. The van der Waals surface area contributed by atoms with Crippen LogP contribution in [0, 0.1) is 0 Å². The molecule has 4 rings (SSSR count). The predicted octanol–water partition coefficient (Wildman–Crippen LogP) is 5.65. The first kappa shape index (κ1) is 18.7. The Hall–Kier alpha value is -2.64. The molecule has 0 fully saturated rings. The average Bonchev–Trinajstić information content (AvgIpc) is 3.38. The third kappa shape index (κ3) is 3.81. The number of benzene rings is 2. The number of furan rings is 1. The summed E-state index contributed by atoms with van der Waals surface area (Å²) in [7, 11) is 0. The molecule has 1 atom stereocenters. The van der Waals surface area contributed by atoms with Gasteiger partial charge in [0, 0.05) is 15.7 Å². The van der Waals surface area contributed by atoms with Crippen LogP contribution in [0.15, 0.2) is 87.0 Å². The van der Waals surface area contributed by atoms with Gasteiger partial charge in [-0.2, -0.15) is 0 Å². The number of hydrogen-bond acceptors (Lipinski definition) is 5. The van der Waals surface area contributed by atoms with Crippen LogP contribution in [0.1, 0.15) is 17.3 Å². The highest BCUT2D eigenvalue weighted by Gasteiger charge is 2.23. The first-order valence-corrected chi connectivity index (χ1v) is 10.3. The van der Waals surface area contributed by atoms with Crippen LogP contribution < -0.4 is 0 Å². The molecule has 0 aliphatic rings. The predicted molar refractivity (Wildman–Crippen MR) is 113 cm³/mol. The van der Waals surface area contributed by atoms with Gasteiger partial charge in [0.15, 0.2) is 16.7 Å². The van der Waals surface area contributed by atoms with Crippen LogP contribution in [0.4, 0.5) is 0 Å². The Bertz CT molecular complexity index is 1080. The highest BCUT2D eigenvalue weighted by Crippen LogP contribution is 2.31. The lowest BCUT2D eigenvalue weighted by Crippen LogP contribution is -2.14. The molecule has 2 heterocycles. The number of halogens is 1. The number of carbonyl (C=O) groups excluding carboxylic acids is 1. The monoisotopic (exact) mass is 453 g/mol. The second kappa shape index (κ2) is 8.16. The lowest BCUT2D eigenvalue weighted by atomic mass is 10.1. The lowest BCUT2D eigenvalue weighted by molar-refractivity contribution is 0.0994. The Labute approximate surface area is 174 Å². The van der Waals surface area contributed by atoms with E-state index in [9.17, 15) is 4.79 Å². The van der Waals surface area contributed by atoms with Crippen LogP contribution in [-0.4, -0.2) is 25.8 Å². The van der Waals surface area contributed by atoms with E-state index in [4.69, 9.17) is 4.42 Å². The van der Waals surface area contributed by atoms with E-state index in [0.29, 0.717) is 22.3 Å². The van der Waals surface area contributed by atoms with Crippen molar-refractivity contribution >= 4 is 33.5 Å². The third-order valence-electron chi connectivity index (χ3n) is 4.17. The number of rotatable bonds is 6. The van der Waals surface area contributed by atoms with Crippen molar-refractivity contribution < 1.29 is 9.21 Å². The number of ketones is 1. The van der Waals surface area contributed by atoms with Gasteiger partial charge in [0.05, 0.1) is 11.5 Å². The fraction of sp³-hybridized carbons (Fsp3) is 0.0952. The first-order valence-electron chi connectivity index (χ1n) is 8.64. The molecular formula is C21H16BrN3O2S. The smallest absolute Gasteiger partial charge is 0.205 e. The normalized spacial score (nSPS) is 12.1. The van der Waals surface area contributed by atoms with Gasteiger partial charge in [-0.25, -0.2) is 0 Å². The van der Waals surface area contributed by atoms with Gasteiger partial charge in [0.1, 0.15) is 0 Å². The molecule has 0 aliphatic heterocycles. The second-order valence-corrected chi connectivity index (χ2v) is 8.31. The minimum atomic E-state index is -0.322. The Morgan fingerprint density at radius 2 is 1.79 bits per heavy atom. The van der Waals surface area contributed by atoms with E-state index < -0.39 is 0 Å². The number of hydrogen-bond donors (Lipinski definition) is 0. The highest BCUT2D eigenvalue weighted by atomic mass is 79.9. The Balaban J connectivity index is 1.68. The minimum absolute atomic E-state index is 0.0414. The van der Waals surface area contributed by atoms with Crippen molar-refractivity contribution in [3.8, 4) is 17.3 Å². The van der Waals surface area contributed by atoms with Crippen molar-refractivity contribution in [3.05, 3.63) is 83.0 Å². The van der Waals surface area contributed by atoms with Gasteiger partial charge in [-0.05, 0) is 43.3 Å². The molecule has 140 valence electrons. The van der Waals surface area contributed by atoms with Crippen LogP contribution in [-0.2, 0) is 0 Å². The van der Waals surface area contributed by atoms with Crippen LogP contribution in [0.3, 0.4) is 0 Å². The molecule has 4 aromatic rings. The number of para-hydroxylation sites is 1. The fourth-order valence-electron chi connectivity index (χ4n) is 2.78. The maximum Gasteiger partial charge on any atom is 0.205 e. The summed E-state index contributed by atoms with van der Waals surface area (Å²) in [4.78, 5) is 12.8. The van der Waals surface area contributed by atoms with Gasteiger partial charge in [-0.1, -0.05) is 58.0 Å². The van der Waals surface area contributed by atoms with E-state index in [1.165, 1.54) is 11.8 Å². The molecule has 0 saturated heterocycles. The molecule has 0 amide bonds. The van der Waals surface area contributed by atoms with Crippen molar-refractivity contribution in [3.63, 3.8) is 0 Å². The molecule has 0 aliphatic carbocycles. The summed E-state index contributed by atoms with van der Waals surface area (Å²) >= 11 is 4.77. The van der Waals surface area contributed by atoms with Crippen LogP contribution >= 0.6 is 27.7 Å². The number of thioether (sulfide) groups is 1. The Morgan fingerprint density at radius 1 is 1.04 bits per heavy atom. The molecule has 0 bridgehead atoms. The fourth-order valence-corrected chi connectivity index (χ4v) is 3.99. The maximum atomic E-state index is 12.8. The second-order valence-electron chi connectivity index (χ2n) is 6.09.